The monoisotopic (exact) mass is 325 g/mol. The number of amides is 1. The van der Waals surface area contributed by atoms with Gasteiger partial charge in [0.1, 0.15) is 5.56 Å². The number of esters is 1. The number of hydrogen-bond acceptors (Lipinski definition) is 6. The summed E-state index contributed by atoms with van der Waals surface area (Å²) in [5, 5.41) is 2.71. The first-order chi connectivity index (χ1) is 11.0. The summed E-state index contributed by atoms with van der Waals surface area (Å²) in [6.07, 6.45) is 0.795. The molecule has 23 heavy (non-hydrogen) atoms. The fourth-order valence-corrected chi connectivity index (χ4v) is 1.89. The van der Waals surface area contributed by atoms with Crippen molar-refractivity contribution in [3.63, 3.8) is 0 Å². The Hall–Kier alpha value is -2.44. The lowest BCUT2D eigenvalue weighted by molar-refractivity contribution is -0.124. The molecule has 0 radical (unpaired) electrons. The first-order valence-electron chi connectivity index (χ1n) is 7.23. The zero-order chi connectivity index (χ0) is 17.4. The van der Waals surface area contributed by atoms with Crippen molar-refractivity contribution in [2.24, 2.45) is 0 Å². The highest BCUT2D eigenvalue weighted by atomic mass is 16.5. The second kappa shape index (κ2) is 8.87. The Bertz CT molecular complexity index is 558. The average Bonchev–Trinajstić information content (AvgIpc) is 2.57. The van der Waals surface area contributed by atoms with Crippen LogP contribution in [0.3, 0.4) is 0 Å². The number of rotatable bonds is 8. The summed E-state index contributed by atoms with van der Waals surface area (Å²) in [6.45, 7) is 3.46. The van der Waals surface area contributed by atoms with Crippen molar-refractivity contribution in [3.8, 4) is 17.2 Å². The van der Waals surface area contributed by atoms with Crippen LogP contribution in [0, 0.1) is 0 Å². The first kappa shape index (κ1) is 18.6. The summed E-state index contributed by atoms with van der Waals surface area (Å²) in [4.78, 5) is 23.8. The summed E-state index contributed by atoms with van der Waals surface area (Å²) >= 11 is 0. The number of benzene rings is 1. The molecule has 0 aliphatic rings. The van der Waals surface area contributed by atoms with Crippen LogP contribution >= 0.6 is 0 Å². The van der Waals surface area contributed by atoms with Crippen LogP contribution in [-0.2, 0) is 9.53 Å². The normalized spacial score (nSPS) is 11.3. The molecule has 0 bridgehead atoms. The van der Waals surface area contributed by atoms with Gasteiger partial charge in [-0.3, -0.25) is 4.79 Å². The Labute approximate surface area is 135 Å². The van der Waals surface area contributed by atoms with Gasteiger partial charge in [0.25, 0.3) is 5.91 Å². The van der Waals surface area contributed by atoms with E-state index in [1.54, 1.807) is 6.07 Å². The van der Waals surface area contributed by atoms with E-state index in [0.717, 1.165) is 6.42 Å². The van der Waals surface area contributed by atoms with E-state index in [0.29, 0.717) is 5.75 Å². The molecule has 0 fully saturated rings. The van der Waals surface area contributed by atoms with Crippen molar-refractivity contribution >= 4 is 11.9 Å². The molecule has 1 amide bonds. The Morgan fingerprint density at radius 1 is 1.09 bits per heavy atom. The van der Waals surface area contributed by atoms with Crippen molar-refractivity contribution in [3.05, 3.63) is 17.7 Å². The van der Waals surface area contributed by atoms with E-state index in [4.69, 9.17) is 18.9 Å². The quantitative estimate of drug-likeness (QED) is 0.734. The molecule has 0 spiro atoms. The van der Waals surface area contributed by atoms with Crippen molar-refractivity contribution in [2.45, 2.75) is 26.3 Å². The van der Waals surface area contributed by atoms with Crippen molar-refractivity contribution in [2.75, 3.05) is 27.9 Å². The third-order valence-electron chi connectivity index (χ3n) is 3.28. The van der Waals surface area contributed by atoms with Crippen LogP contribution in [-0.4, -0.2) is 45.9 Å². The summed E-state index contributed by atoms with van der Waals surface area (Å²) in [5.41, 5.74) is 0.154. The summed E-state index contributed by atoms with van der Waals surface area (Å²) < 4.78 is 20.6. The van der Waals surface area contributed by atoms with E-state index in [9.17, 15) is 9.59 Å². The molecule has 1 aromatic rings. The number of hydrogen-bond donors (Lipinski definition) is 1. The van der Waals surface area contributed by atoms with E-state index in [-0.39, 0.29) is 35.6 Å². The first-order valence-corrected chi connectivity index (χ1v) is 7.23. The van der Waals surface area contributed by atoms with Crippen LogP contribution in [0.4, 0.5) is 0 Å². The molecule has 1 atom stereocenters. The van der Waals surface area contributed by atoms with Gasteiger partial charge >= 0.3 is 5.97 Å². The van der Waals surface area contributed by atoms with Crippen molar-refractivity contribution in [1.82, 2.24) is 5.32 Å². The Balaban J connectivity index is 2.86. The molecule has 0 heterocycles. The van der Waals surface area contributed by atoms with Crippen molar-refractivity contribution < 1.29 is 28.5 Å². The van der Waals surface area contributed by atoms with Gasteiger partial charge in [0.15, 0.2) is 18.1 Å². The molecule has 1 aromatic carbocycles. The lowest BCUT2D eigenvalue weighted by Gasteiger charge is -2.15. The lowest BCUT2D eigenvalue weighted by atomic mass is 10.1. The smallest absolute Gasteiger partial charge is 0.342 e. The summed E-state index contributed by atoms with van der Waals surface area (Å²) in [5.74, 6) is -0.127. The molecule has 0 aliphatic heterocycles. The molecule has 7 nitrogen and oxygen atoms in total. The zero-order valence-electron chi connectivity index (χ0n) is 14.1. The molecule has 128 valence electrons. The second-order valence-corrected chi connectivity index (χ2v) is 4.83. The number of nitrogens with one attached hydrogen (secondary N) is 1. The molecule has 0 aromatic heterocycles. The highest BCUT2D eigenvalue weighted by molar-refractivity contribution is 5.95. The van der Waals surface area contributed by atoms with E-state index in [2.05, 4.69) is 5.32 Å². The molecule has 0 aliphatic carbocycles. The molecular weight excluding hydrogens is 302 g/mol. The summed E-state index contributed by atoms with van der Waals surface area (Å²) in [7, 11) is 4.33. The minimum Gasteiger partial charge on any atom is -0.493 e. The van der Waals surface area contributed by atoms with Crippen LogP contribution < -0.4 is 19.5 Å². The van der Waals surface area contributed by atoms with Gasteiger partial charge in [0.05, 0.1) is 21.3 Å². The summed E-state index contributed by atoms with van der Waals surface area (Å²) in [6, 6.07) is 3.09. The van der Waals surface area contributed by atoms with Gasteiger partial charge in [-0.15, -0.1) is 0 Å². The topological polar surface area (TPSA) is 83.1 Å². The maximum absolute atomic E-state index is 12.2. The van der Waals surface area contributed by atoms with Gasteiger partial charge in [-0.05, 0) is 25.5 Å². The maximum Gasteiger partial charge on any atom is 0.342 e. The number of carbonyl (C=O) groups is 2. The molecule has 0 saturated carbocycles. The van der Waals surface area contributed by atoms with Gasteiger partial charge in [-0.25, -0.2) is 4.79 Å². The van der Waals surface area contributed by atoms with E-state index < -0.39 is 5.97 Å². The van der Waals surface area contributed by atoms with Crippen LogP contribution in [0.1, 0.15) is 30.6 Å². The zero-order valence-corrected chi connectivity index (χ0v) is 14.1. The Kier molecular flexibility index (Phi) is 7.18. The van der Waals surface area contributed by atoms with Gasteiger partial charge in [-0.2, -0.15) is 0 Å². The third-order valence-corrected chi connectivity index (χ3v) is 3.28. The fraction of sp³-hybridized carbons (Fsp3) is 0.500. The molecule has 1 rings (SSSR count). The van der Waals surface area contributed by atoms with E-state index >= 15 is 0 Å². The highest BCUT2D eigenvalue weighted by Gasteiger charge is 2.22. The lowest BCUT2D eigenvalue weighted by Crippen LogP contribution is -2.35. The van der Waals surface area contributed by atoms with Crippen LogP contribution in [0.25, 0.3) is 0 Å². The standard InChI is InChI=1S/C16H23NO6/c1-6-10(2)17-13(18)9-23-16(19)11-7-8-12(20-3)15(22-5)14(11)21-4/h7-8,10H,6,9H2,1-5H3,(H,17,18). The third kappa shape index (κ3) is 4.77. The van der Waals surface area contributed by atoms with Crippen LogP contribution in [0.2, 0.25) is 0 Å². The predicted octanol–water partition coefficient (Wildman–Crippen LogP) is 1.78. The number of carbonyl (C=O) groups excluding carboxylic acids is 2. The molecule has 1 unspecified atom stereocenters. The molecule has 1 N–H and O–H groups in total. The largest absolute Gasteiger partial charge is 0.493 e. The van der Waals surface area contributed by atoms with Crippen LogP contribution in [0.5, 0.6) is 17.2 Å². The van der Waals surface area contributed by atoms with Crippen LogP contribution in [0.15, 0.2) is 12.1 Å². The average molecular weight is 325 g/mol. The van der Waals surface area contributed by atoms with E-state index in [1.807, 2.05) is 13.8 Å². The maximum atomic E-state index is 12.2. The van der Waals surface area contributed by atoms with Gasteiger partial charge in [0.2, 0.25) is 5.75 Å². The molecule has 0 saturated heterocycles. The minimum atomic E-state index is -0.679. The number of methoxy groups -OCH3 is 3. The highest BCUT2D eigenvalue weighted by Crippen LogP contribution is 2.39. The predicted molar refractivity (Wildman–Crippen MR) is 84.3 cm³/mol. The van der Waals surface area contributed by atoms with Gasteiger partial charge in [0, 0.05) is 6.04 Å². The fourth-order valence-electron chi connectivity index (χ4n) is 1.89. The Morgan fingerprint density at radius 2 is 1.74 bits per heavy atom. The van der Waals surface area contributed by atoms with Gasteiger partial charge < -0.3 is 24.3 Å². The van der Waals surface area contributed by atoms with Crippen molar-refractivity contribution in [1.29, 1.82) is 0 Å². The SMILES string of the molecule is CCC(C)NC(=O)COC(=O)c1ccc(OC)c(OC)c1OC. The van der Waals surface area contributed by atoms with E-state index in [1.165, 1.54) is 27.4 Å². The Morgan fingerprint density at radius 3 is 2.26 bits per heavy atom. The molecular formula is C16H23NO6. The second-order valence-electron chi connectivity index (χ2n) is 4.83. The number of ether oxygens (including phenoxy) is 4. The van der Waals surface area contributed by atoms with Gasteiger partial charge in [-0.1, -0.05) is 6.92 Å². The molecule has 7 heteroatoms. The minimum absolute atomic E-state index is 0.0248.